The Morgan fingerprint density at radius 2 is 1.45 bits per heavy atom. The van der Waals surface area contributed by atoms with Gasteiger partial charge in [0.25, 0.3) is 11.4 Å². The summed E-state index contributed by atoms with van der Waals surface area (Å²) in [7, 11) is -8.30. The topological polar surface area (TPSA) is 206 Å². The van der Waals surface area contributed by atoms with Crippen LogP contribution in [0.2, 0.25) is 0 Å². The highest BCUT2D eigenvalue weighted by atomic mass is 32.2. The van der Waals surface area contributed by atoms with Crippen LogP contribution in [0.5, 0.6) is 11.5 Å². The molecular formula is C34H29F3N4O12S2. The molecule has 0 saturated heterocycles. The van der Waals surface area contributed by atoms with Crippen molar-refractivity contribution in [3.05, 3.63) is 127 Å². The maximum atomic E-state index is 14.2. The van der Waals surface area contributed by atoms with Crippen molar-refractivity contribution in [2.45, 2.75) is 47.6 Å². The highest BCUT2D eigenvalue weighted by molar-refractivity contribution is 7.89. The van der Waals surface area contributed by atoms with E-state index in [9.17, 15) is 55.0 Å². The number of esters is 1. The number of carbonyl (C=O) groups excluding carboxylic acids is 1. The molecule has 55 heavy (non-hydrogen) atoms. The van der Waals surface area contributed by atoms with E-state index in [1.165, 1.54) is 60.7 Å². The lowest BCUT2D eigenvalue weighted by molar-refractivity contribution is -0.388. The molecule has 0 N–H and O–H groups in total. The van der Waals surface area contributed by atoms with Gasteiger partial charge < -0.3 is 13.7 Å². The second-order valence-electron chi connectivity index (χ2n) is 12.5. The monoisotopic (exact) mass is 806 g/mol. The predicted molar refractivity (Wildman–Crippen MR) is 184 cm³/mol. The fraction of sp³-hybridized carbons (Fsp3) is 0.265. The molecule has 0 radical (unpaired) electrons. The van der Waals surface area contributed by atoms with Crippen molar-refractivity contribution in [1.82, 2.24) is 9.21 Å². The van der Waals surface area contributed by atoms with Gasteiger partial charge in [-0.15, -0.1) is 0 Å². The number of sulfonamides is 1. The van der Waals surface area contributed by atoms with Gasteiger partial charge in [-0.1, -0.05) is 42.5 Å². The Labute approximate surface area is 311 Å². The molecule has 290 valence electrons. The lowest BCUT2D eigenvalue weighted by atomic mass is 9.91. The Morgan fingerprint density at radius 1 is 0.855 bits per heavy atom. The molecule has 0 amide bonds. The Hall–Kier alpha value is -5.64. The van der Waals surface area contributed by atoms with Crippen LogP contribution >= 0.6 is 0 Å². The van der Waals surface area contributed by atoms with Gasteiger partial charge in [0.15, 0.2) is 9.79 Å². The molecule has 4 aromatic rings. The van der Waals surface area contributed by atoms with Crippen molar-refractivity contribution in [3.63, 3.8) is 0 Å². The maximum Gasteiger partial charge on any atom is 0.401 e. The number of methoxy groups -OCH3 is 1. The average Bonchev–Trinajstić information content (AvgIpc) is 3.32. The molecule has 0 unspecified atom stereocenters. The number of carbonyl (C=O) groups is 1. The summed E-state index contributed by atoms with van der Waals surface area (Å²) in [5, 5.41) is 23.3. The van der Waals surface area contributed by atoms with Crippen LogP contribution in [0.1, 0.15) is 28.4 Å². The van der Waals surface area contributed by atoms with Crippen LogP contribution in [0.3, 0.4) is 0 Å². The van der Waals surface area contributed by atoms with Crippen LogP contribution in [-0.4, -0.2) is 74.3 Å². The Kier molecular flexibility index (Phi) is 10.6. The first-order valence-corrected chi connectivity index (χ1v) is 18.9. The number of nitro benzene ring substituents is 2. The first-order chi connectivity index (χ1) is 25.9. The summed E-state index contributed by atoms with van der Waals surface area (Å²) < 4.78 is 112. The minimum Gasteiger partial charge on any atom is -0.484 e. The van der Waals surface area contributed by atoms with E-state index in [1.54, 1.807) is 0 Å². The Morgan fingerprint density at radius 3 is 2.05 bits per heavy atom. The number of nitro groups is 2. The summed E-state index contributed by atoms with van der Waals surface area (Å²) in [6.07, 6.45) is -6.05. The number of hydrogen-bond acceptors (Lipinski definition) is 13. The Balaban J connectivity index is 1.39. The summed E-state index contributed by atoms with van der Waals surface area (Å²) in [5.41, 5.74) is -0.115. The summed E-state index contributed by atoms with van der Waals surface area (Å²) in [5.74, 6) is -1.09. The van der Waals surface area contributed by atoms with Gasteiger partial charge in [0, 0.05) is 30.8 Å². The fourth-order valence-corrected chi connectivity index (χ4v) is 9.07. The van der Waals surface area contributed by atoms with Crippen molar-refractivity contribution < 1.29 is 58.3 Å². The van der Waals surface area contributed by atoms with Crippen molar-refractivity contribution in [2.75, 3.05) is 20.2 Å². The van der Waals surface area contributed by atoms with Crippen LogP contribution in [0, 0.1) is 20.2 Å². The summed E-state index contributed by atoms with van der Waals surface area (Å²) >= 11 is 0. The standard InChI is InChI=1S/C34H29F3N4O12S2/c1-51-33(42)28-15-22-14-24-18-39(54(47,48)31-8-4-2-6-26(31)40(43)44)19-30(52-29(24)16-23(22)17-38(28)20-34(35,36)37)21-10-12-25(13-11-21)53-55(49,50)32-9-5-3-7-27(32)41(45)46/h2-14,16,28,30H,15,17-20H2,1H3/t28-,30+/m0/s1. The number of nitrogens with zero attached hydrogens (tertiary/aromatic N) is 4. The van der Waals surface area contributed by atoms with Gasteiger partial charge in [-0.25, -0.2) is 8.42 Å². The molecule has 6 rings (SSSR count). The molecule has 0 bridgehead atoms. The van der Waals surface area contributed by atoms with E-state index in [0.29, 0.717) is 11.1 Å². The normalized spacial score (nSPS) is 17.9. The second kappa shape index (κ2) is 14.9. The Bertz CT molecular complexity index is 2390. The molecule has 2 heterocycles. The third-order valence-corrected chi connectivity index (χ3v) is 12.1. The summed E-state index contributed by atoms with van der Waals surface area (Å²) in [4.78, 5) is 33.8. The molecule has 0 spiro atoms. The molecule has 2 aliphatic heterocycles. The van der Waals surface area contributed by atoms with Crippen molar-refractivity contribution in [1.29, 1.82) is 0 Å². The van der Waals surface area contributed by atoms with E-state index in [1.807, 2.05) is 0 Å². The van der Waals surface area contributed by atoms with Gasteiger partial charge in [0.2, 0.25) is 10.0 Å². The number of fused-ring (bicyclic) bond motifs is 2. The van der Waals surface area contributed by atoms with Gasteiger partial charge in [0.05, 0.1) is 30.0 Å². The highest BCUT2D eigenvalue weighted by Crippen LogP contribution is 2.40. The minimum absolute atomic E-state index is 0.0757. The van der Waals surface area contributed by atoms with Gasteiger partial charge >= 0.3 is 22.3 Å². The lowest BCUT2D eigenvalue weighted by Crippen LogP contribution is -2.49. The van der Waals surface area contributed by atoms with E-state index >= 15 is 0 Å². The van der Waals surface area contributed by atoms with Crippen molar-refractivity contribution >= 4 is 37.5 Å². The van der Waals surface area contributed by atoms with Crippen LogP contribution in [-0.2, 0) is 49.2 Å². The van der Waals surface area contributed by atoms with Gasteiger partial charge in [0.1, 0.15) is 23.6 Å². The van der Waals surface area contributed by atoms with Crippen LogP contribution in [0.25, 0.3) is 0 Å². The number of para-hydroxylation sites is 2. The van der Waals surface area contributed by atoms with E-state index in [2.05, 4.69) is 0 Å². The number of halogens is 3. The van der Waals surface area contributed by atoms with Crippen molar-refractivity contribution in [2.24, 2.45) is 0 Å². The molecule has 0 fully saturated rings. The smallest absolute Gasteiger partial charge is 0.401 e. The second-order valence-corrected chi connectivity index (χ2v) is 15.9. The van der Waals surface area contributed by atoms with Crippen LogP contribution in [0.4, 0.5) is 24.5 Å². The molecule has 2 atom stereocenters. The van der Waals surface area contributed by atoms with Crippen LogP contribution < -0.4 is 8.92 Å². The van der Waals surface area contributed by atoms with Gasteiger partial charge in [-0.05, 0) is 53.4 Å². The van der Waals surface area contributed by atoms with E-state index in [4.69, 9.17) is 13.7 Å². The molecule has 0 aliphatic carbocycles. The van der Waals surface area contributed by atoms with Gasteiger partial charge in [-0.3, -0.25) is 29.9 Å². The quantitative estimate of drug-likeness (QED) is 0.0891. The molecule has 4 aromatic carbocycles. The first-order valence-electron chi connectivity index (χ1n) is 16.1. The predicted octanol–water partition coefficient (Wildman–Crippen LogP) is 5.06. The lowest BCUT2D eigenvalue weighted by Gasteiger charge is -2.36. The third-order valence-electron chi connectivity index (χ3n) is 8.92. The third kappa shape index (κ3) is 8.23. The summed E-state index contributed by atoms with van der Waals surface area (Å²) in [6.45, 7) is -2.62. The number of alkyl halides is 3. The zero-order valence-electron chi connectivity index (χ0n) is 28.4. The van der Waals surface area contributed by atoms with E-state index in [-0.39, 0.29) is 35.6 Å². The largest absolute Gasteiger partial charge is 0.484 e. The molecule has 0 aromatic heterocycles. The zero-order valence-corrected chi connectivity index (χ0v) is 30.0. The molecule has 21 heteroatoms. The van der Waals surface area contributed by atoms with Crippen molar-refractivity contribution in [3.8, 4) is 11.5 Å². The number of benzene rings is 4. The zero-order chi connectivity index (χ0) is 39.9. The molecule has 2 aliphatic rings. The number of hydrogen-bond donors (Lipinski definition) is 0. The van der Waals surface area contributed by atoms with Gasteiger partial charge in [-0.2, -0.15) is 25.9 Å². The fourth-order valence-electron chi connectivity index (χ4n) is 6.40. The molecule has 16 nitrogen and oxygen atoms in total. The number of rotatable bonds is 10. The minimum atomic E-state index is -4.70. The SMILES string of the molecule is COC(=O)[C@@H]1Cc2cc3c(cc2CN1CC(F)(F)F)O[C@@H](c1ccc(OS(=O)(=O)c2ccccc2[N+](=O)[O-])cc1)CN(S(=O)(=O)c1ccccc1[N+](=O)[O-])C3. The average molecular weight is 807 g/mol. The summed E-state index contributed by atoms with van der Waals surface area (Å²) in [6, 6.07) is 16.0. The number of ether oxygens (including phenoxy) is 2. The highest BCUT2D eigenvalue weighted by Gasteiger charge is 2.42. The molecular weight excluding hydrogens is 778 g/mol. The van der Waals surface area contributed by atoms with E-state index < -0.39 is 95.1 Å². The van der Waals surface area contributed by atoms with Crippen LogP contribution in [0.15, 0.2) is 94.7 Å². The maximum absolute atomic E-state index is 14.2. The van der Waals surface area contributed by atoms with E-state index in [0.717, 1.165) is 40.6 Å². The molecule has 0 saturated carbocycles. The first kappa shape index (κ1) is 39.1.